The Balaban J connectivity index is 1.21. The zero-order valence-electron chi connectivity index (χ0n) is 46.7. The lowest BCUT2D eigenvalue weighted by molar-refractivity contribution is 0.460. The van der Waals surface area contributed by atoms with E-state index in [9.17, 15) is 0 Å². The summed E-state index contributed by atoms with van der Waals surface area (Å²) in [6.07, 6.45) is 7.16. The number of benzene rings is 7. The van der Waals surface area contributed by atoms with Gasteiger partial charge in [0.05, 0.1) is 17.4 Å². The minimum Gasteiger partial charge on any atom is -0.336 e. The van der Waals surface area contributed by atoms with Crippen molar-refractivity contribution in [3.63, 3.8) is 0 Å². The van der Waals surface area contributed by atoms with Gasteiger partial charge in [-0.25, -0.2) is 0 Å². The Hall–Kier alpha value is -7.04. The largest absolute Gasteiger partial charge is 0.336 e. The third kappa shape index (κ3) is 8.17. The summed E-state index contributed by atoms with van der Waals surface area (Å²) in [5, 5.41) is 1.37. The van der Waals surface area contributed by atoms with Crippen LogP contribution in [-0.2, 0) is 16.2 Å². The van der Waals surface area contributed by atoms with E-state index >= 15 is 0 Å². The zero-order chi connectivity index (χ0) is 52.5. The van der Waals surface area contributed by atoms with E-state index in [2.05, 4.69) is 280 Å². The first-order valence-corrected chi connectivity index (χ1v) is 27.7. The van der Waals surface area contributed by atoms with Crippen molar-refractivity contribution >= 4 is 57.4 Å². The van der Waals surface area contributed by atoms with E-state index < -0.39 is 0 Å². The molecular weight excluding hydrogens is 906 g/mol. The molecule has 2 aliphatic carbocycles. The first kappa shape index (κ1) is 48.9. The summed E-state index contributed by atoms with van der Waals surface area (Å²) in [4.78, 5) is 5.38. The van der Waals surface area contributed by atoms with Crippen molar-refractivity contribution in [1.29, 1.82) is 0 Å². The lowest BCUT2D eigenvalue weighted by Gasteiger charge is -2.49. The van der Waals surface area contributed by atoms with Crippen LogP contribution in [0.3, 0.4) is 0 Å². The molecule has 1 aromatic heterocycles. The monoisotopic (exact) mass is 980 g/mol. The SMILES string of the molecule is CC1CC(C(C)(C)C)=Cc2c1n(C1C=C3C4=C(C1)N(c1ccc(C(C)(C)C)cc1-c1ccccc1)c1ccccc1B4c1ccccc1N3c1ccc(C(C)(C)C)cc1-c1ccccc1)c1ccc(C(C)(C)C)cc21. The molecule has 3 heterocycles. The first-order chi connectivity index (χ1) is 35.7. The average Bonchev–Trinajstić information content (AvgIpc) is 3.76. The molecule has 0 amide bonds. The summed E-state index contributed by atoms with van der Waals surface area (Å²) >= 11 is 0. The number of rotatable bonds is 5. The van der Waals surface area contributed by atoms with Crippen LogP contribution in [0.4, 0.5) is 22.7 Å². The van der Waals surface area contributed by atoms with E-state index in [1.54, 1.807) is 0 Å². The number of aromatic nitrogens is 1. The highest BCUT2D eigenvalue weighted by atomic mass is 15.2. The van der Waals surface area contributed by atoms with Gasteiger partial charge in [0.1, 0.15) is 0 Å². The zero-order valence-corrected chi connectivity index (χ0v) is 46.7. The van der Waals surface area contributed by atoms with Gasteiger partial charge in [0.25, 0.3) is 6.71 Å². The summed E-state index contributed by atoms with van der Waals surface area (Å²) in [6, 6.07) is 62.9. The highest BCUT2D eigenvalue weighted by Crippen LogP contribution is 2.55. The smallest absolute Gasteiger partial charge is 0.251 e. The number of anilines is 4. The normalized spacial score (nSPS) is 17.6. The molecule has 0 saturated heterocycles. The average molecular weight is 980 g/mol. The van der Waals surface area contributed by atoms with Crippen molar-refractivity contribution in [1.82, 2.24) is 4.57 Å². The van der Waals surface area contributed by atoms with E-state index in [0.29, 0.717) is 5.92 Å². The molecule has 2 aliphatic heterocycles. The third-order valence-corrected chi connectivity index (χ3v) is 17.0. The highest BCUT2D eigenvalue weighted by Gasteiger charge is 2.48. The Bertz CT molecular complexity index is 3670. The maximum Gasteiger partial charge on any atom is 0.251 e. The molecule has 0 spiro atoms. The lowest BCUT2D eigenvalue weighted by atomic mass is 9.32. The molecule has 0 radical (unpaired) electrons. The van der Waals surface area contributed by atoms with Crippen LogP contribution in [0.5, 0.6) is 0 Å². The van der Waals surface area contributed by atoms with Gasteiger partial charge in [0, 0.05) is 68.4 Å². The Morgan fingerprint density at radius 1 is 0.467 bits per heavy atom. The fourth-order valence-electron chi connectivity index (χ4n) is 12.9. The van der Waals surface area contributed by atoms with Crippen LogP contribution in [-0.4, -0.2) is 11.3 Å². The quantitative estimate of drug-likeness (QED) is 0.159. The van der Waals surface area contributed by atoms with E-state index in [1.165, 1.54) is 117 Å². The van der Waals surface area contributed by atoms with Crippen LogP contribution in [0.1, 0.15) is 143 Å². The predicted octanol–water partition coefficient (Wildman–Crippen LogP) is 18.0. The van der Waals surface area contributed by atoms with Gasteiger partial charge in [-0.15, -0.1) is 0 Å². The molecular formula is C71H74BN3. The molecule has 12 rings (SSSR count). The fourth-order valence-corrected chi connectivity index (χ4v) is 12.9. The van der Waals surface area contributed by atoms with Crippen molar-refractivity contribution in [2.75, 3.05) is 9.80 Å². The van der Waals surface area contributed by atoms with Gasteiger partial charge < -0.3 is 14.4 Å². The van der Waals surface area contributed by atoms with Crippen molar-refractivity contribution in [3.8, 4) is 22.3 Å². The second-order valence-electron chi connectivity index (χ2n) is 26.3. The Morgan fingerprint density at radius 2 is 0.947 bits per heavy atom. The molecule has 0 fully saturated rings. The number of hydrogen-bond donors (Lipinski definition) is 0. The summed E-state index contributed by atoms with van der Waals surface area (Å²) in [6.45, 7) is 30.8. The fraction of sp³-hybridized carbons (Fsp3) is 0.296. The molecule has 8 aromatic rings. The Kier molecular flexibility index (Phi) is 11.4. The summed E-state index contributed by atoms with van der Waals surface area (Å²) < 4.78 is 2.81. The van der Waals surface area contributed by atoms with Gasteiger partial charge in [-0.2, -0.15) is 0 Å². The van der Waals surface area contributed by atoms with E-state index in [0.717, 1.165) is 12.8 Å². The van der Waals surface area contributed by atoms with Crippen molar-refractivity contribution in [3.05, 3.63) is 220 Å². The van der Waals surface area contributed by atoms with Crippen molar-refractivity contribution < 1.29 is 0 Å². The number of fused-ring (bicyclic) bond motifs is 7. The molecule has 376 valence electrons. The Morgan fingerprint density at radius 3 is 1.48 bits per heavy atom. The van der Waals surface area contributed by atoms with Gasteiger partial charge in [-0.1, -0.05) is 217 Å². The molecule has 4 aliphatic rings. The first-order valence-electron chi connectivity index (χ1n) is 27.7. The lowest BCUT2D eigenvalue weighted by Crippen LogP contribution is -2.57. The van der Waals surface area contributed by atoms with Gasteiger partial charge in [0.2, 0.25) is 0 Å². The summed E-state index contributed by atoms with van der Waals surface area (Å²) in [5.74, 6) is 0.321. The molecule has 2 atom stereocenters. The van der Waals surface area contributed by atoms with Gasteiger partial charge in [0.15, 0.2) is 0 Å². The second kappa shape index (κ2) is 17.5. The molecule has 0 N–H and O–H groups in total. The standard InChI is InChI=1S/C71H74BN3/c1-45-38-51(71(11,12)13)42-56-55-41-50(70(8,9)10)34-37-61(55)73(67(45)56)52-43-64-66-65(44-52)75(60-36-33-49(69(5,6)7)40-54(60)47-26-18-15-19-27-47)63-31-23-21-29-58(63)72(66)57-28-20-22-30-62(57)74(64)59-35-32-48(68(2,3)4)39-53(59)46-24-16-14-17-25-46/h14-37,39-43,45,52H,38,44H2,1-13H3. The van der Waals surface area contributed by atoms with E-state index in [4.69, 9.17) is 0 Å². The van der Waals surface area contributed by atoms with Crippen molar-refractivity contribution in [2.45, 2.75) is 131 Å². The molecule has 2 unspecified atom stereocenters. The number of para-hydroxylation sites is 2. The predicted molar refractivity (Wildman–Crippen MR) is 323 cm³/mol. The number of hydrogen-bond acceptors (Lipinski definition) is 2. The van der Waals surface area contributed by atoms with Gasteiger partial charge in [-0.3, -0.25) is 0 Å². The van der Waals surface area contributed by atoms with Crippen LogP contribution in [0.2, 0.25) is 0 Å². The second-order valence-corrected chi connectivity index (χ2v) is 26.3. The minimum atomic E-state index is -0.0378. The number of allylic oxidation sites excluding steroid dienone is 4. The van der Waals surface area contributed by atoms with Gasteiger partial charge >= 0.3 is 0 Å². The summed E-state index contributed by atoms with van der Waals surface area (Å²) in [7, 11) is 0. The molecule has 4 heteroatoms. The molecule has 3 nitrogen and oxygen atoms in total. The highest BCUT2D eigenvalue weighted by molar-refractivity contribution is 6.94. The van der Waals surface area contributed by atoms with Crippen LogP contribution in [0, 0.1) is 5.41 Å². The maximum atomic E-state index is 2.81. The minimum absolute atomic E-state index is 0.00550. The molecule has 0 bridgehead atoms. The molecule has 75 heavy (non-hydrogen) atoms. The van der Waals surface area contributed by atoms with Crippen molar-refractivity contribution in [2.24, 2.45) is 5.41 Å². The van der Waals surface area contributed by atoms with E-state index in [-0.39, 0.29) is 34.4 Å². The topological polar surface area (TPSA) is 11.4 Å². The summed E-state index contributed by atoms with van der Waals surface area (Å²) in [5.41, 5.74) is 26.3. The van der Waals surface area contributed by atoms with Gasteiger partial charge in [-0.05, 0) is 127 Å². The maximum absolute atomic E-state index is 2.81. The Labute approximate surface area is 448 Å². The van der Waals surface area contributed by atoms with Crippen LogP contribution in [0.15, 0.2) is 192 Å². The molecule has 0 saturated carbocycles. The van der Waals surface area contributed by atoms with E-state index in [1.807, 2.05) is 0 Å². The molecule has 7 aromatic carbocycles. The third-order valence-electron chi connectivity index (χ3n) is 17.0. The number of nitrogens with zero attached hydrogens (tertiary/aromatic N) is 3. The van der Waals surface area contributed by atoms with Crippen LogP contribution < -0.4 is 20.7 Å². The van der Waals surface area contributed by atoms with Crippen LogP contribution in [0.25, 0.3) is 39.2 Å². The van der Waals surface area contributed by atoms with Crippen LogP contribution >= 0.6 is 0 Å².